The van der Waals surface area contributed by atoms with Crippen molar-refractivity contribution in [1.29, 1.82) is 0 Å². The first-order valence-corrected chi connectivity index (χ1v) is 7.19. The number of carbonyl (C=O) groups excluding carboxylic acids is 1. The van der Waals surface area contributed by atoms with E-state index < -0.39 is 0 Å². The molecule has 0 aromatic heterocycles. The zero-order chi connectivity index (χ0) is 12.5. The summed E-state index contributed by atoms with van der Waals surface area (Å²) in [7, 11) is 0. The summed E-state index contributed by atoms with van der Waals surface area (Å²) >= 11 is 3.51. The molecule has 18 heavy (non-hydrogen) atoms. The first-order valence-electron chi connectivity index (χ1n) is 6.40. The van der Waals surface area contributed by atoms with Crippen LogP contribution in [-0.2, 0) is 17.6 Å². The SMILES string of the molecule is O=C(Cc1cc(Br)cc2c1OCC2)C1=CCCC1. The average Bonchev–Trinajstić information content (AvgIpc) is 2.98. The number of rotatable bonds is 3. The molecule has 1 heterocycles. The summed E-state index contributed by atoms with van der Waals surface area (Å²) in [4.78, 5) is 12.2. The highest BCUT2D eigenvalue weighted by molar-refractivity contribution is 9.10. The van der Waals surface area contributed by atoms with Crippen molar-refractivity contribution < 1.29 is 9.53 Å². The van der Waals surface area contributed by atoms with Gasteiger partial charge in [-0.1, -0.05) is 22.0 Å². The van der Waals surface area contributed by atoms with Crippen molar-refractivity contribution in [2.45, 2.75) is 32.1 Å². The fraction of sp³-hybridized carbons (Fsp3) is 0.400. The quantitative estimate of drug-likeness (QED) is 0.853. The predicted octanol–water partition coefficient (Wildman–Crippen LogP) is 3.61. The highest BCUT2D eigenvalue weighted by Crippen LogP contribution is 2.34. The van der Waals surface area contributed by atoms with Crippen LogP contribution in [0.1, 0.15) is 30.4 Å². The van der Waals surface area contributed by atoms with Crippen LogP contribution in [0, 0.1) is 0 Å². The van der Waals surface area contributed by atoms with Crippen molar-refractivity contribution in [2.24, 2.45) is 0 Å². The van der Waals surface area contributed by atoms with Gasteiger partial charge >= 0.3 is 0 Å². The summed E-state index contributed by atoms with van der Waals surface area (Å²) in [5.74, 6) is 1.19. The van der Waals surface area contributed by atoms with Gasteiger partial charge in [0.2, 0.25) is 0 Å². The van der Waals surface area contributed by atoms with Gasteiger partial charge in [-0.15, -0.1) is 0 Å². The number of allylic oxidation sites excluding steroid dienone is 2. The van der Waals surface area contributed by atoms with Crippen LogP contribution in [0.25, 0.3) is 0 Å². The van der Waals surface area contributed by atoms with Crippen molar-refractivity contribution in [1.82, 2.24) is 0 Å². The van der Waals surface area contributed by atoms with Crippen molar-refractivity contribution in [3.8, 4) is 5.75 Å². The zero-order valence-electron chi connectivity index (χ0n) is 10.2. The van der Waals surface area contributed by atoms with E-state index in [-0.39, 0.29) is 5.78 Å². The van der Waals surface area contributed by atoms with Gasteiger partial charge in [-0.05, 0) is 42.5 Å². The minimum atomic E-state index is 0.253. The topological polar surface area (TPSA) is 26.3 Å². The van der Waals surface area contributed by atoms with Gasteiger partial charge in [0, 0.05) is 22.9 Å². The lowest BCUT2D eigenvalue weighted by atomic mass is 10.00. The lowest BCUT2D eigenvalue weighted by molar-refractivity contribution is -0.115. The highest BCUT2D eigenvalue weighted by atomic mass is 79.9. The van der Waals surface area contributed by atoms with Gasteiger partial charge in [0.1, 0.15) is 5.75 Å². The molecule has 0 unspecified atom stereocenters. The average molecular weight is 307 g/mol. The molecule has 0 N–H and O–H groups in total. The molecule has 0 saturated carbocycles. The van der Waals surface area contributed by atoms with E-state index in [0.29, 0.717) is 6.42 Å². The third-order valence-corrected chi connectivity index (χ3v) is 4.03. The fourth-order valence-corrected chi connectivity index (χ4v) is 3.24. The number of ether oxygens (including phenoxy) is 1. The maximum Gasteiger partial charge on any atom is 0.163 e. The molecule has 0 radical (unpaired) electrons. The molecule has 0 atom stereocenters. The largest absolute Gasteiger partial charge is 0.493 e. The molecule has 0 fully saturated rings. The van der Waals surface area contributed by atoms with Crippen LogP contribution in [0.3, 0.4) is 0 Å². The molecular weight excluding hydrogens is 292 g/mol. The van der Waals surface area contributed by atoms with Crippen LogP contribution in [-0.4, -0.2) is 12.4 Å². The Bertz CT molecular complexity index is 532. The Morgan fingerprint density at radius 3 is 3.00 bits per heavy atom. The zero-order valence-corrected chi connectivity index (χ0v) is 11.8. The van der Waals surface area contributed by atoms with Crippen molar-refractivity contribution in [2.75, 3.05) is 6.61 Å². The second-order valence-corrected chi connectivity index (χ2v) is 5.79. The summed E-state index contributed by atoms with van der Waals surface area (Å²) in [6.45, 7) is 0.732. The van der Waals surface area contributed by atoms with E-state index in [2.05, 4.69) is 28.1 Å². The molecule has 0 bridgehead atoms. The lowest BCUT2D eigenvalue weighted by Gasteiger charge is -2.09. The number of halogens is 1. The minimum Gasteiger partial charge on any atom is -0.493 e. The van der Waals surface area contributed by atoms with Crippen molar-refractivity contribution in [3.05, 3.63) is 39.4 Å². The van der Waals surface area contributed by atoms with E-state index in [1.807, 2.05) is 6.07 Å². The van der Waals surface area contributed by atoms with E-state index in [1.165, 1.54) is 5.56 Å². The molecular formula is C15H15BrO2. The summed E-state index contributed by atoms with van der Waals surface area (Å²) in [6, 6.07) is 4.10. The van der Waals surface area contributed by atoms with E-state index in [1.54, 1.807) is 0 Å². The van der Waals surface area contributed by atoms with E-state index in [9.17, 15) is 4.79 Å². The highest BCUT2D eigenvalue weighted by Gasteiger charge is 2.21. The maximum atomic E-state index is 12.2. The van der Waals surface area contributed by atoms with Crippen LogP contribution in [0.4, 0.5) is 0 Å². The Hall–Kier alpha value is -1.09. The maximum absolute atomic E-state index is 12.2. The summed E-state index contributed by atoms with van der Waals surface area (Å²) in [6.07, 6.45) is 6.60. The molecule has 1 aliphatic heterocycles. The molecule has 0 saturated heterocycles. The third-order valence-electron chi connectivity index (χ3n) is 3.58. The number of carbonyl (C=O) groups is 1. The Morgan fingerprint density at radius 1 is 1.33 bits per heavy atom. The Balaban J connectivity index is 1.86. The second-order valence-electron chi connectivity index (χ2n) is 4.87. The molecule has 0 amide bonds. The van der Waals surface area contributed by atoms with Crippen LogP contribution in [0.15, 0.2) is 28.3 Å². The van der Waals surface area contributed by atoms with Gasteiger partial charge in [-0.3, -0.25) is 4.79 Å². The monoisotopic (exact) mass is 306 g/mol. The number of hydrogen-bond acceptors (Lipinski definition) is 2. The Morgan fingerprint density at radius 2 is 2.22 bits per heavy atom. The van der Waals surface area contributed by atoms with Crippen LogP contribution < -0.4 is 4.74 Å². The fourth-order valence-electron chi connectivity index (χ4n) is 2.69. The molecule has 3 heteroatoms. The van der Waals surface area contributed by atoms with E-state index in [4.69, 9.17) is 4.74 Å². The van der Waals surface area contributed by atoms with Gasteiger partial charge in [0.15, 0.2) is 5.78 Å². The van der Waals surface area contributed by atoms with E-state index >= 15 is 0 Å². The van der Waals surface area contributed by atoms with Crippen LogP contribution in [0.5, 0.6) is 5.75 Å². The van der Waals surface area contributed by atoms with Gasteiger partial charge < -0.3 is 4.74 Å². The molecule has 1 aliphatic carbocycles. The van der Waals surface area contributed by atoms with Gasteiger partial charge in [-0.2, -0.15) is 0 Å². The standard InChI is InChI=1S/C15H15BrO2/c16-13-7-11-5-6-18-15(11)12(8-13)9-14(17)10-3-1-2-4-10/h3,7-8H,1-2,4-6,9H2. The normalized spacial score (nSPS) is 17.3. The Kier molecular flexibility index (Phi) is 3.25. The molecule has 94 valence electrons. The first-order chi connectivity index (χ1) is 8.74. The van der Waals surface area contributed by atoms with Crippen molar-refractivity contribution >= 4 is 21.7 Å². The molecule has 3 rings (SSSR count). The molecule has 2 nitrogen and oxygen atoms in total. The first kappa shape index (κ1) is 12.0. The molecule has 1 aromatic rings. The summed E-state index contributed by atoms with van der Waals surface area (Å²) in [5.41, 5.74) is 3.24. The lowest BCUT2D eigenvalue weighted by Crippen LogP contribution is -2.06. The van der Waals surface area contributed by atoms with Gasteiger partial charge in [-0.25, -0.2) is 0 Å². The van der Waals surface area contributed by atoms with Crippen LogP contribution >= 0.6 is 15.9 Å². The van der Waals surface area contributed by atoms with Gasteiger partial charge in [0.05, 0.1) is 6.61 Å². The summed E-state index contributed by atoms with van der Waals surface area (Å²) in [5, 5.41) is 0. The molecule has 2 aliphatic rings. The predicted molar refractivity (Wildman–Crippen MR) is 74.0 cm³/mol. The summed E-state index contributed by atoms with van der Waals surface area (Å²) < 4.78 is 6.69. The number of hydrogen-bond donors (Lipinski definition) is 0. The number of Topliss-reactive ketones (excluding diaryl/α,β-unsaturated/α-hetero) is 1. The minimum absolute atomic E-state index is 0.253. The number of fused-ring (bicyclic) bond motifs is 1. The Labute approximate surface area is 115 Å². The van der Waals surface area contributed by atoms with Gasteiger partial charge in [0.25, 0.3) is 0 Å². The third kappa shape index (κ3) is 2.24. The number of benzene rings is 1. The van der Waals surface area contributed by atoms with Crippen LogP contribution in [0.2, 0.25) is 0 Å². The smallest absolute Gasteiger partial charge is 0.163 e. The number of ketones is 1. The second kappa shape index (κ2) is 4.88. The van der Waals surface area contributed by atoms with E-state index in [0.717, 1.165) is 53.6 Å². The molecule has 0 spiro atoms. The van der Waals surface area contributed by atoms with Crippen molar-refractivity contribution in [3.63, 3.8) is 0 Å². The molecule has 1 aromatic carbocycles.